The Balaban J connectivity index is 1.87. The summed E-state index contributed by atoms with van der Waals surface area (Å²) in [6, 6.07) is 25.6. The first kappa shape index (κ1) is 18.3. The Morgan fingerprint density at radius 2 is 1.73 bits per heavy atom. The summed E-state index contributed by atoms with van der Waals surface area (Å²) in [4.78, 5) is 5.87. The zero-order chi connectivity index (χ0) is 18.2. The van der Waals surface area contributed by atoms with E-state index in [1.165, 1.54) is 0 Å². The number of hydrogen-bond donors (Lipinski definition) is 0. The van der Waals surface area contributed by atoms with Crippen LogP contribution in [-0.4, -0.2) is 12.8 Å². The molecule has 3 aromatic rings. The minimum Gasteiger partial charge on any atom is -0.497 e. The van der Waals surface area contributed by atoms with Gasteiger partial charge in [0.05, 0.1) is 18.5 Å². The van der Waals surface area contributed by atoms with Crippen LogP contribution in [-0.2, 0) is 0 Å². The highest BCUT2D eigenvalue weighted by Crippen LogP contribution is 2.23. The first-order chi connectivity index (χ1) is 12.7. The molecule has 3 aromatic carbocycles. The van der Waals surface area contributed by atoms with E-state index in [9.17, 15) is 0 Å². The molecule has 4 heteroatoms. The van der Waals surface area contributed by atoms with Crippen molar-refractivity contribution in [2.45, 2.75) is 4.90 Å². The molecule has 3 rings (SSSR count). The molecule has 0 unspecified atom stereocenters. The second kappa shape index (κ2) is 9.27. The molecule has 2 nitrogen and oxygen atoms in total. The molecule has 0 saturated carbocycles. The Bertz CT molecular complexity index is 905. The molecule has 0 aliphatic carbocycles. The fraction of sp³-hybridized carbons (Fsp3) is 0.0455. The number of nitrogens with zero attached hydrogens (tertiary/aromatic N) is 1. The molecular formula is C22H18ClNOS. The molecule has 0 aliphatic heterocycles. The number of para-hydroxylation sites is 1. The van der Waals surface area contributed by atoms with Gasteiger partial charge in [-0.3, -0.25) is 0 Å². The lowest BCUT2D eigenvalue weighted by atomic mass is 10.1. The SMILES string of the molecule is COc1ccc(C(C=CSc2cccc(Cl)c2)=Nc2ccccc2)cc1. The van der Waals surface area contributed by atoms with E-state index >= 15 is 0 Å². The molecule has 0 spiro atoms. The third-order valence-electron chi connectivity index (χ3n) is 3.62. The Morgan fingerprint density at radius 1 is 0.962 bits per heavy atom. The van der Waals surface area contributed by atoms with Crippen molar-refractivity contribution in [1.82, 2.24) is 0 Å². The summed E-state index contributed by atoms with van der Waals surface area (Å²) in [6.07, 6.45) is 2.01. The number of methoxy groups -OCH3 is 1. The van der Waals surface area contributed by atoms with Gasteiger partial charge in [-0.05, 0) is 66.1 Å². The van der Waals surface area contributed by atoms with E-state index in [1.54, 1.807) is 18.9 Å². The summed E-state index contributed by atoms with van der Waals surface area (Å²) in [5.74, 6) is 0.824. The number of hydrogen-bond acceptors (Lipinski definition) is 3. The van der Waals surface area contributed by atoms with Gasteiger partial charge in [-0.15, -0.1) is 0 Å². The van der Waals surface area contributed by atoms with Crippen molar-refractivity contribution in [1.29, 1.82) is 0 Å². The summed E-state index contributed by atoms with van der Waals surface area (Å²) in [7, 11) is 1.66. The van der Waals surface area contributed by atoms with Crippen molar-refractivity contribution in [2.24, 2.45) is 4.99 Å². The van der Waals surface area contributed by atoms with Gasteiger partial charge in [0.15, 0.2) is 0 Å². The van der Waals surface area contributed by atoms with Crippen molar-refractivity contribution < 1.29 is 4.74 Å². The minimum absolute atomic E-state index is 0.733. The molecule has 130 valence electrons. The van der Waals surface area contributed by atoms with Gasteiger partial charge in [-0.2, -0.15) is 0 Å². The second-order valence-electron chi connectivity index (χ2n) is 5.44. The zero-order valence-corrected chi connectivity index (χ0v) is 15.9. The average molecular weight is 380 g/mol. The standard InChI is InChI=1S/C22H18ClNOS/c1-25-20-12-10-17(11-13-20)22(24-19-7-3-2-4-8-19)14-15-26-21-9-5-6-18(23)16-21/h2-16H,1H3. The maximum absolute atomic E-state index is 6.05. The molecule has 0 atom stereocenters. The van der Waals surface area contributed by atoms with E-state index in [1.807, 2.05) is 90.3 Å². The van der Waals surface area contributed by atoms with Gasteiger partial charge < -0.3 is 4.74 Å². The molecule has 0 fully saturated rings. The molecule has 0 radical (unpaired) electrons. The molecule has 0 bridgehead atoms. The van der Waals surface area contributed by atoms with Crippen LogP contribution in [0.5, 0.6) is 5.75 Å². The molecule has 0 aromatic heterocycles. The summed E-state index contributed by atoms with van der Waals surface area (Å²) in [5.41, 5.74) is 2.82. The van der Waals surface area contributed by atoms with Gasteiger partial charge in [0.25, 0.3) is 0 Å². The van der Waals surface area contributed by atoms with E-state index in [-0.39, 0.29) is 0 Å². The van der Waals surface area contributed by atoms with Crippen LogP contribution in [0.1, 0.15) is 5.56 Å². The molecule has 0 amide bonds. The number of halogens is 1. The Labute approximate surface area is 163 Å². The van der Waals surface area contributed by atoms with Crippen LogP contribution >= 0.6 is 23.4 Å². The van der Waals surface area contributed by atoms with Gasteiger partial charge in [-0.1, -0.05) is 47.6 Å². The molecule has 0 aliphatic rings. The maximum atomic E-state index is 6.05. The normalized spacial score (nSPS) is 11.7. The monoisotopic (exact) mass is 379 g/mol. The minimum atomic E-state index is 0.733. The second-order valence-corrected chi connectivity index (χ2v) is 6.85. The van der Waals surface area contributed by atoms with Crippen LogP contribution in [0, 0.1) is 0 Å². The van der Waals surface area contributed by atoms with Crippen molar-refractivity contribution in [3.8, 4) is 5.75 Å². The molecule has 0 saturated heterocycles. The molecule has 0 N–H and O–H groups in total. The van der Waals surface area contributed by atoms with E-state index < -0.39 is 0 Å². The van der Waals surface area contributed by atoms with Gasteiger partial charge in [-0.25, -0.2) is 4.99 Å². The van der Waals surface area contributed by atoms with Crippen molar-refractivity contribution in [2.75, 3.05) is 7.11 Å². The lowest BCUT2D eigenvalue weighted by Crippen LogP contribution is -1.96. The average Bonchev–Trinajstić information content (AvgIpc) is 2.68. The Morgan fingerprint density at radius 3 is 2.42 bits per heavy atom. The fourth-order valence-corrected chi connectivity index (χ4v) is 3.28. The Kier molecular flexibility index (Phi) is 6.53. The number of allylic oxidation sites excluding steroid dienone is 1. The lowest BCUT2D eigenvalue weighted by Gasteiger charge is -2.05. The number of aliphatic imine (C=N–C) groups is 1. The van der Waals surface area contributed by atoms with Crippen LogP contribution < -0.4 is 4.74 Å². The molecule has 0 heterocycles. The quantitative estimate of drug-likeness (QED) is 0.348. The highest BCUT2D eigenvalue weighted by molar-refractivity contribution is 8.02. The van der Waals surface area contributed by atoms with E-state index in [4.69, 9.17) is 21.3 Å². The van der Waals surface area contributed by atoms with Gasteiger partial charge >= 0.3 is 0 Å². The smallest absolute Gasteiger partial charge is 0.118 e. The largest absolute Gasteiger partial charge is 0.497 e. The first-order valence-electron chi connectivity index (χ1n) is 8.11. The fourth-order valence-electron chi connectivity index (χ4n) is 2.32. The van der Waals surface area contributed by atoms with Crippen LogP contribution in [0.25, 0.3) is 0 Å². The van der Waals surface area contributed by atoms with E-state index in [2.05, 4.69) is 0 Å². The summed E-state index contributed by atoms with van der Waals surface area (Å²) in [5, 5.41) is 2.76. The third-order valence-corrected chi connectivity index (χ3v) is 4.65. The highest BCUT2D eigenvalue weighted by atomic mass is 35.5. The Hall–Kier alpha value is -2.49. The predicted octanol–water partition coefficient (Wildman–Crippen LogP) is 6.78. The summed E-state index contributed by atoms with van der Waals surface area (Å²) >= 11 is 7.65. The van der Waals surface area contributed by atoms with Gasteiger partial charge in [0.1, 0.15) is 5.75 Å². The van der Waals surface area contributed by atoms with E-state index in [0.717, 1.165) is 32.6 Å². The topological polar surface area (TPSA) is 21.6 Å². The summed E-state index contributed by atoms with van der Waals surface area (Å²) < 4.78 is 5.24. The van der Waals surface area contributed by atoms with Crippen LogP contribution in [0.4, 0.5) is 5.69 Å². The number of ether oxygens (including phenoxy) is 1. The number of benzene rings is 3. The number of rotatable bonds is 6. The van der Waals surface area contributed by atoms with Crippen LogP contribution in [0.3, 0.4) is 0 Å². The van der Waals surface area contributed by atoms with Crippen molar-refractivity contribution in [3.05, 3.63) is 101 Å². The first-order valence-corrected chi connectivity index (χ1v) is 9.37. The third kappa shape index (κ3) is 5.25. The zero-order valence-electron chi connectivity index (χ0n) is 14.3. The molecular weight excluding hydrogens is 362 g/mol. The maximum Gasteiger partial charge on any atom is 0.118 e. The van der Waals surface area contributed by atoms with Crippen molar-refractivity contribution in [3.63, 3.8) is 0 Å². The van der Waals surface area contributed by atoms with Gasteiger partial charge in [0.2, 0.25) is 0 Å². The highest BCUT2D eigenvalue weighted by Gasteiger charge is 2.02. The lowest BCUT2D eigenvalue weighted by molar-refractivity contribution is 0.415. The summed E-state index contributed by atoms with van der Waals surface area (Å²) in [6.45, 7) is 0. The van der Waals surface area contributed by atoms with Gasteiger partial charge in [0, 0.05) is 15.5 Å². The molecule has 26 heavy (non-hydrogen) atoms. The predicted molar refractivity (Wildman–Crippen MR) is 112 cm³/mol. The number of thioether (sulfide) groups is 1. The van der Waals surface area contributed by atoms with Crippen LogP contribution in [0.2, 0.25) is 5.02 Å². The van der Waals surface area contributed by atoms with Crippen LogP contribution in [0.15, 0.2) is 100 Å². The van der Waals surface area contributed by atoms with Crippen molar-refractivity contribution >= 4 is 34.8 Å². The van der Waals surface area contributed by atoms with E-state index in [0.29, 0.717) is 0 Å².